The van der Waals surface area contributed by atoms with Gasteiger partial charge >= 0.3 is 0 Å². The SMILES string of the molecule is O=c1[nH]c(-c2ccc(Cl)cc2)nc2scc(-c3ccco3)c12. The van der Waals surface area contributed by atoms with Gasteiger partial charge in [0.05, 0.1) is 11.6 Å². The van der Waals surface area contributed by atoms with E-state index in [9.17, 15) is 4.79 Å². The molecule has 0 amide bonds. The molecule has 22 heavy (non-hydrogen) atoms. The Morgan fingerprint density at radius 2 is 2.00 bits per heavy atom. The van der Waals surface area contributed by atoms with Crippen LogP contribution in [-0.4, -0.2) is 9.97 Å². The zero-order chi connectivity index (χ0) is 15.1. The number of benzene rings is 1. The Morgan fingerprint density at radius 1 is 1.18 bits per heavy atom. The monoisotopic (exact) mass is 328 g/mol. The molecule has 0 aliphatic rings. The number of fused-ring (bicyclic) bond motifs is 1. The third kappa shape index (κ3) is 2.15. The van der Waals surface area contributed by atoms with Gasteiger partial charge in [-0.2, -0.15) is 0 Å². The molecule has 3 aromatic heterocycles. The number of hydrogen-bond donors (Lipinski definition) is 1. The van der Waals surface area contributed by atoms with Crippen molar-refractivity contribution in [1.29, 1.82) is 0 Å². The van der Waals surface area contributed by atoms with Crippen molar-refractivity contribution < 1.29 is 4.42 Å². The van der Waals surface area contributed by atoms with Crippen LogP contribution in [0.5, 0.6) is 0 Å². The number of furan rings is 1. The molecule has 1 aromatic carbocycles. The van der Waals surface area contributed by atoms with E-state index in [2.05, 4.69) is 9.97 Å². The second kappa shape index (κ2) is 5.12. The molecule has 0 aliphatic heterocycles. The minimum atomic E-state index is -0.178. The van der Waals surface area contributed by atoms with Gasteiger partial charge < -0.3 is 9.40 Å². The number of rotatable bonds is 2. The zero-order valence-corrected chi connectivity index (χ0v) is 12.7. The smallest absolute Gasteiger partial charge is 0.260 e. The van der Waals surface area contributed by atoms with Gasteiger partial charge in [0.15, 0.2) is 0 Å². The van der Waals surface area contributed by atoms with Gasteiger partial charge in [0, 0.05) is 21.5 Å². The molecule has 1 N–H and O–H groups in total. The highest BCUT2D eigenvalue weighted by atomic mass is 35.5. The zero-order valence-electron chi connectivity index (χ0n) is 11.2. The van der Waals surface area contributed by atoms with E-state index in [1.165, 1.54) is 11.3 Å². The molecular formula is C16H9ClN2O2S. The van der Waals surface area contributed by atoms with E-state index >= 15 is 0 Å². The number of nitrogens with zero attached hydrogens (tertiary/aromatic N) is 1. The number of H-pyrrole nitrogens is 1. The summed E-state index contributed by atoms with van der Waals surface area (Å²) in [6.07, 6.45) is 1.59. The van der Waals surface area contributed by atoms with Crippen LogP contribution in [0.15, 0.2) is 57.3 Å². The normalized spacial score (nSPS) is 11.1. The molecule has 0 saturated carbocycles. The maximum atomic E-state index is 12.5. The summed E-state index contributed by atoms with van der Waals surface area (Å²) >= 11 is 7.31. The molecule has 0 fully saturated rings. The summed E-state index contributed by atoms with van der Waals surface area (Å²) < 4.78 is 5.38. The maximum Gasteiger partial charge on any atom is 0.260 e. The fourth-order valence-electron chi connectivity index (χ4n) is 2.31. The summed E-state index contributed by atoms with van der Waals surface area (Å²) in [6, 6.07) is 10.8. The molecule has 6 heteroatoms. The Labute approximate surface area is 134 Å². The highest BCUT2D eigenvalue weighted by Gasteiger charge is 2.15. The van der Waals surface area contributed by atoms with Crippen LogP contribution in [0.25, 0.3) is 32.9 Å². The van der Waals surface area contributed by atoms with Crippen molar-refractivity contribution in [2.24, 2.45) is 0 Å². The molecule has 4 nitrogen and oxygen atoms in total. The lowest BCUT2D eigenvalue weighted by Gasteiger charge is -2.01. The minimum absolute atomic E-state index is 0.178. The first-order valence-electron chi connectivity index (χ1n) is 6.54. The second-order valence-electron chi connectivity index (χ2n) is 4.73. The summed E-state index contributed by atoms with van der Waals surface area (Å²) in [7, 11) is 0. The molecule has 0 radical (unpaired) electrons. The summed E-state index contributed by atoms with van der Waals surface area (Å²) in [5.74, 6) is 1.19. The Hall–Kier alpha value is -2.37. The second-order valence-corrected chi connectivity index (χ2v) is 6.02. The third-order valence-electron chi connectivity index (χ3n) is 3.35. The third-order valence-corrected chi connectivity index (χ3v) is 4.47. The van der Waals surface area contributed by atoms with Crippen molar-refractivity contribution in [1.82, 2.24) is 9.97 Å². The van der Waals surface area contributed by atoms with Crippen molar-refractivity contribution in [2.45, 2.75) is 0 Å². The van der Waals surface area contributed by atoms with Gasteiger partial charge in [0.1, 0.15) is 16.4 Å². The lowest BCUT2D eigenvalue weighted by atomic mass is 10.2. The van der Waals surface area contributed by atoms with Crippen LogP contribution in [0.4, 0.5) is 0 Å². The first-order valence-corrected chi connectivity index (χ1v) is 7.79. The van der Waals surface area contributed by atoms with Crippen molar-refractivity contribution in [3.05, 3.63) is 63.4 Å². The molecule has 0 saturated heterocycles. The van der Waals surface area contributed by atoms with E-state index in [0.29, 0.717) is 26.8 Å². The van der Waals surface area contributed by atoms with Crippen molar-refractivity contribution in [2.75, 3.05) is 0 Å². The predicted molar refractivity (Wildman–Crippen MR) is 88.4 cm³/mol. The van der Waals surface area contributed by atoms with E-state index in [0.717, 1.165) is 11.1 Å². The molecule has 0 unspecified atom stereocenters. The molecule has 0 spiro atoms. The lowest BCUT2D eigenvalue weighted by molar-refractivity contribution is 0.583. The van der Waals surface area contributed by atoms with Gasteiger partial charge in [-0.3, -0.25) is 4.79 Å². The topological polar surface area (TPSA) is 58.9 Å². The van der Waals surface area contributed by atoms with Crippen LogP contribution >= 0.6 is 22.9 Å². The van der Waals surface area contributed by atoms with Crippen LogP contribution in [0.3, 0.4) is 0 Å². The first-order chi connectivity index (χ1) is 10.7. The summed E-state index contributed by atoms with van der Waals surface area (Å²) in [5, 5.41) is 3.08. The van der Waals surface area contributed by atoms with E-state index in [1.807, 2.05) is 23.6 Å². The molecule has 0 aliphatic carbocycles. The summed E-state index contributed by atoms with van der Waals surface area (Å²) in [6.45, 7) is 0. The Balaban J connectivity index is 1.92. The number of aromatic nitrogens is 2. The van der Waals surface area contributed by atoms with E-state index in [4.69, 9.17) is 16.0 Å². The summed E-state index contributed by atoms with van der Waals surface area (Å²) in [5.41, 5.74) is 1.40. The van der Waals surface area contributed by atoms with E-state index in [1.54, 1.807) is 24.5 Å². The van der Waals surface area contributed by atoms with E-state index in [-0.39, 0.29) is 5.56 Å². The minimum Gasteiger partial charge on any atom is -0.464 e. The molecule has 0 atom stereocenters. The van der Waals surface area contributed by atoms with Gasteiger partial charge in [-0.1, -0.05) is 11.6 Å². The Morgan fingerprint density at radius 3 is 2.73 bits per heavy atom. The van der Waals surface area contributed by atoms with Gasteiger partial charge in [-0.15, -0.1) is 11.3 Å². The van der Waals surface area contributed by atoms with E-state index < -0.39 is 0 Å². The average Bonchev–Trinajstić information content (AvgIpc) is 3.16. The summed E-state index contributed by atoms with van der Waals surface area (Å²) in [4.78, 5) is 20.5. The van der Waals surface area contributed by atoms with Crippen LogP contribution in [0.2, 0.25) is 5.02 Å². The molecule has 108 valence electrons. The Bertz CT molecular complexity index is 1000. The molecule has 4 aromatic rings. The number of thiophene rings is 1. The number of halogens is 1. The Kier molecular flexibility index (Phi) is 3.10. The largest absolute Gasteiger partial charge is 0.464 e. The molecule has 4 rings (SSSR count). The van der Waals surface area contributed by atoms with Crippen molar-refractivity contribution >= 4 is 33.2 Å². The molecule has 3 heterocycles. The first kappa shape index (κ1) is 13.3. The lowest BCUT2D eigenvalue weighted by Crippen LogP contribution is -2.08. The molecule has 0 bridgehead atoms. The van der Waals surface area contributed by atoms with Crippen molar-refractivity contribution in [3.8, 4) is 22.7 Å². The fraction of sp³-hybridized carbons (Fsp3) is 0. The number of nitrogens with one attached hydrogen (secondary N) is 1. The average molecular weight is 329 g/mol. The quantitative estimate of drug-likeness (QED) is 0.586. The van der Waals surface area contributed by atoms with Gasteiger partial charge in [-0.05, 0) is 36.4 Å². The fourth-order valence-corrected chi connectivity index (χ4v) is 3.36. The maximum absolute atomic E-state index is 12.5. The predicted octanol–water partition coefficient (Wildman–Crippen LogP) is 4.57. The van der Waals surface area contributed by atoms with Crippen LogP contribution in [-0.2, 0) is 0 Å². The van der Waals surface area contributed by atoms with Crippen LogP contribution < -0.4 is 5.56 Å². The van der Waals surface area contributed by atoms with Gasteiger partial charge in [0.25, 0.3) is 5.56 Å². The number of aromatic amines is 1. The van der Waals surface area contributed by atoms with Crippen LogP contribution in [0, 0.1) is 0 Å². The van der Waals surface area contributed by atoms with Crippen LogP contribution in [0.1, 0.15) is 0 Å². The van der Waals surface area contributed by atoms with Gasteiger partial charge in [-0.25, -0.2) is 4.98 Å². The van der Waals surface area contributed by atoms with Crippen molar-refractivity contribution in [3.63, 3.8) is 0 Å². The highest BCUT2D eigenvalue weighted by Crippen LogP contribution is 2.31. The highest BCUT2D eigenvalue weighted by molar-refractivity contribution is 7.17. The number of hydrogen-bond acceptors (Lipinski definition) is 4. The molecular weight excluding hydrogens is 320 g/mol. The standard InChI is InChI=1S/C16H9ClN2O2S/c17-10-5-3-9(4-6-10)14-18-15(20)13-11(8-22-16(13)19-14)12-2-1-7-21-12/h1-8H,(H,18,19,20). The van der Waals surface area contributed by atoms with Gasteiger partial charge in [0.2, 0.25) is 0 Å².